The summed E-state index contributed by atoms with van der Waals surface area (Å²) in [6.45, 7) is 1.86. The Morgan fingerprint density at radius 2 is 1.39 bits per heavy atom. The van der Waals surface area contributed by atoms with Gasteiger partial charge in [-0.15, -0.1) is 0 Å². The lowest BCUT2D eigenvalue weighted by Crippen LogP contribution is -2.21. The van der Waals surface area contributed by atoms with Crippen LogP contribution in [0.25, 0.3) is 0 Å². The minimum absolute atomic E-state index is 0.381. The van der Waals surface area contributed by atoms with Crippen molar-refractivity contribution in [2.45, 2.75) is 6.18 Å². The van der Waals surface area contributed by atoms with Gasteiger partial charge in [0, 0.05) is 0 Å². The van der Waals surface area contributed by atoms with Crippen molar-refractivity contribution in [3.05, 3.63) is 60.2 Å². The fourth-order valence-electron chi connectivity index (χ4n) is 1.80. The van der Waals surface area contributed by atoms with E-state index < -0.39 is 19.7 Å². The van der Waals surface area contributed by atoms with Crippen molar-refractivity contribution in [2.75, 3.05) is 6.66 Å². The van der Waals surface area contributed by atoms with Crippen LogP contribution < -0.4 is 10.6 Å². The number of hydrogen-bond donors (Lipinski definition) is 0. The second-order valence-corrected chi connectivity index (χ2v) is 6.03. The lowest BCUT2D eigenvalue weighted by Gasteiger charge is -2.18. The summed E-state index contributed by atoms with van der Waals surface area (Å²) in [5, 5.41) is 1.33. The molecule has 2 aromatic rings. The van der Waals surface area contributed by atoms with E-state index in [1.54, 1.807) is 12.1 Å². The molecule has 0 N–H and O–H groups in total. The van der Waals surface area contributed by atoms with Gasteiger partial charge in [-0.2, -0.15) is 13.2 Å². The van der Waals surface area contributed by atoms with Gasteiger partial charge in [0.25, 0.3) is 0 Å². The van der Waals surface area contributed by atoms with Crippen LogP contribution in [0.4, 0.5) is 13.2 Å². The molecule has 0 aromatic heterocycles. The molecule has 0 fully saturated rings. The molecule has 0 nitrogen and oxygen atoms in total. The molecule has 0 spiro atoms. The van der Waals surface area contributed by atoms with Gasteiger partial charge in [0.2, 0.25) is 0 Å². The molecule has 18 heavy (non-hydrogen) atoms. The van der Waals surface area contributed by atoms with Crippen molar-refractivity contribution in [1.82, 2.24) is 0 Å². The van der Waals surface area contributed by atoms with Crippen LogP contribution in [0.1, 0.15) is 5.56 Å². The molecule has 2 rings (SSSR count). The molecular weight excluding hydrogens is 256 g/mol. The van der Waals surface area contributed by atoms with Gasteiger partial charge in [-0.3, -0.25) is 0 Å². The average molecular weight is 268 g/mol. The second-order valence-electron chi connectivity index (χ2n) is 3.91. The first-order valence-corrected chi connectivity index (χ1v) is 7.24. The summed E-state index contributed by atoms with van der Waals surface area (Å²) >= 11 is 0. The van der Waals surface area contributed by atoms with Gasteiger partial charge in [-0.25, -0.2) is 0 Å². The van der Waals surface area contributed by atoms with Gasteiger partial charge in [0.05, 0.1) is 5.56 Å². The lowest BCUT2D eigenvalue weighted by atomic mass is 10.2. The van der Waals surface area contributed by atoms with Crippen molar-refractivity contribution in [3.8, 4) is 0 Å². The molecule has 94 valence electrons. The first-order valence-electron chi connectivity index (χ1n) is 5.45. The van der Waals surface area contributed by atoms with Gasteiger partial charge < -0.3 is 0 Å². The fraction of sp³-hybridized carbons (Fsp3) is 0.143. The maximum Gasteiger partial charge on any atom is 0.417 e. The summed E-state index contributed by atoms with van der Waals surface area (Å²) in [5.41, 5.74) is -0.525. The van der Waals surface area contributed by atoms with Crippen LogP contribution in [0.2, 0.25) is 0 Å². The summed E-state index contributed by atoms with van der Waals surface area (Å²) in [7, 11) is -0.976. The highest BCUT2D eigenvalue weighted by atomic mass is 31.1. The molecule has 1 atom stereocenters. The average Bonchev–Trinajstić information content (AvgIpc) is 2.38. The monoisotopic (exact) mass is 268 g/mol. The summed E-state index contributed by atoms with van der Waals surface area (Å²) in [4.78, 5) is 0. The van der Waals surface area contributed by atoms with Crippen LogP contribution in [0, 0.1) is 0 Å². The van der Waals surface area contributed by atoms with E-state index in [9.17, 15) is 13.2 Å². The molecule has 0 radical (unpaired) electrons. The summed E-state index contributed by atoms with van der Waals surface area (Å²) in [5.74, 6) is 0. The first kappa shape index (κ1) is 13.1. The largest absolute Gasteiger partial charge is 0.417 e. The maximum absolute atomic E-state index is 12.9. The van der Waals surface area contributed by atoms with E-state index in [4.69, 9.17) is 0 Å². The Balaban J connectivity index is 2.46. The molecular formula is C14H12F3P. The lowest BCUT2D eigenvalue weighted by molar-refractivity contribution is -0.136. The van der Waals surface area contributed by atoms with Gasteiger partial charge in [0.1, 0.15) is 0 Å². The Morgan fingerprint density at radius 3 is 2.00 bits per heavy atom. The van der Waals surface area contributed by atoms with Crippen LogP contribution >= 0.6 is 7.92 Å². The third kappa shape index (κ3) is 2.73. The van der Waals surface area contributed by atoms with Gasteiger partial charge in [0.15, 0.2) is 0 Å². The highest BCUT2D eigenvalue weighted by Gasteiger charge is 2.34. The SMILES string of the molecule is C[P@@](c1ccccc1)c1ccccc1C(F)(F)F. The van der Waals surface area contributed by atoms with E-state index in [0.29, 0.717) is 5.30 Å². The van der Waals surface area contributed by atoms with Crippen LogP contribution in [0.5, 0.6) is 0 Å². The normalized spacial score (nSPS) is 13.3. The molecule has 2 aromatic carbocycles. The van der Waals surface area contributed by atoms with E-state index in [1.807, 2.05) is 37.0 Å². The minimum atomic E-state index is -4.29. The zero-order chi connectivity index (χ0) is 13.2. The number of hydrogen-bond acceptors (Lipinski definition) is 0. The third-order valence-corrected chi connectivity index (χ3v) is 4.90. The topological polar surface area (TPSA) is 0 Å². The predicted octanol–water partition coefficient (Wildman–Crippen LogP) is 3.77. The second kappa shape index (κ2) is 5.11. The van der Waals surface area contributed by atoms with Crippen LogP contribution in [-0.2, 0) is 6.18 Å². The van der Waals surface area contributed by atoms with E-state index in [-0.39, 0.29) is 0 Å². The Kier molecular flexibility index (Phi) is 3.72. The molecule has 0 saturated carbocycles. The molecule has 0 saturated heterocycles. The molecule has 0 aliphatic heterocycles. The number of alkyl halides is 3. The Bertz CT molecular complexity index is 520. The number of halogens is 3. The van der Waals surface area contributed by atoms with E-state index in [2.05, 4.69) is 0 Å². The Hall–Kier alpha value is -1.34. The predicted molar refractivity (Wildman–Crippen MR) is 70.0 cm³/mol. The highest BCUT2D eigenvalue weighted by Crippen LogP contribution is 2.36. The summed E-state index contributed by atoms with van der Waals surface area (Å²) in [6, 6.07) is 15.1. The summed E-state index contributed by atoms with van der Waals surface area (Å²) < 4.78 is 38.8. The molecule has 0 aliphatic rings. The third-order valence-electron chi connectivity index (χ3n) is 2.71. The van der Waals surface area contributed by atoms with Crippen LogP contribution in [0.15, 0.2) is 54.6 Å². The zero-order valence-corrected chi connectivity index (χ0v) is 10.7. The van der Waals surface area contributed by atoms with E-state index >= 15 is 0 Å². The standard InChI is InChI=1S/C14H12F3P/c1-18(11-7-3-2-4-8-11)13-10-6-5-9-12(13)14(15,16)17/h2-10H,1H3/t18-/m0/s1. The zero-order valence-electron chi connectivity index (χ0n) is 9.78. The highest BCUT2D eigenvalue weighted by molar-refractivity contribution is 7.72. The number of rotatable bonds is 2. The maximum atomic E-state index is 12.9. The van der Waals surface area contributed by atoms with Crippen LogP contribution in [-0.4, -0.2) is 6.66 Å². The smallest absolute Gasteiger partial charge is 0.166 e. The molecule has 0 heterocycles. The fourth-order valence-corrected chi connectivity index (χ4v) is 3.57. The van der Waals surface area contributed by atoms with Crippen molar-refractivity contribution >= 4 is 18.5 Å². The Labute approximate surface area is 105 Å². The number of benzene rings is 2. The summed E-state index contributed by atoms with van der Waals surface area (Å²) in [6.07, 6.45) is -4.29. The van der Waals surface area contributed by atoms with Crippen molar-refractivity contribution in [2.24, 2.45) is 0 Å². The minimum Gasteiger partial charge on any atom is -0.166 e. The van der Waals surface area contributed by atoms with Gasteiger partial charge in [-0.1, -0.05) is 48.5 Å². The first-order chi connectivity index (χ1) is 8.50. The van der Waals surface area contributed by atoms with Gasteiger partial charge in [-0.05, 0) is 31.3 Å². The molecule has 0 unspecified atom stereocenters. The van der Waals surface area contributed by atoms with Gasteiger partial charge >= 0.3 is 6.18 Å². The molecule has 0 amide bonds. The quantitative estimate of drug-likeness (QED) is 0.727. The molecule has 0 bridgehead atoms. The van der Waals surface area contributed by atoms with E-state index in [1.165, 1.54) is 6.07 Å². The Morgan fingerprint density at radius 1 is 0.833 bits per heavy atom. The van der Waals surface area contributed by atoms with Crippen molar-refractivity contribution in [1.29, 1.82) is 0 Å². The van der Waals surface area contributed by atoms with Crippen molar-refractivity contribution < 1.29 is 13.2 Å². The molecule has 4 heteroatoms. The van der Waals surface area contributed by atoms with E-state index in [0.717, 1.165) is 11.4 Å². The van der Waals surface area contributed by atoms with Crippen LogP contribution in [0.3, 0.4) is 0 Å². The van der Waals surface area contributed by atoms with Crippen molar-refractivity contribution in [3.63, 3.8) is 0 Å². The molecule has 0 aliphatic carbocycles.